The van der Waals surface area contributed by atoms with Crippen molar-refractivity contribution >= 4 is 34.6 Å². The molecule has 2 rings (SSSR count). The largest absolute Gasteiger partial charge is 0.465 e. The summed E-state index contributed by atoms with van der Waals surface area (Å²) in [7, 11) is 1.31. The number of aryl methyl sites for hydroxylation is 1. The van der Waals surface area contributed by atoms with E-state index in [4.69, 9.17) is 22.1 Å². The Bertz CT molecular complexity index is 639. The first-order valence-corrected chi connectivity index (χ1v) is 6.40. The number of hydrogen-bond acceptors (Lipinski definition) is 4. The molecule has 3 N–H and O–H groups in total. The minimum Gasteiger partial charge on any atom is -0.465 e. The maximum Gasteiger partial charge on any atom is 0.340 e. The Hall–Kier alpha value is -2.20. The molecule has 0 spiro atoms. The van der Waals surface area contributed by atoms with Crippen molar-refractivity contribution in [3.63, 3.8) is 0 Å². The van der Waals surface area contributed by atoms with Crippen LogP contribution in [0, 0.1) is 6.92 Å². The highest BCUT2D eigenvalue weighted by atomic mass is 35.5. The molecule has 0 aliphatic rings. The summed E-state index contributed by atoms with van der Waals surface area (Å²) in [4.78, 5) is 11.8. The first-order chi connectivity index (χ1) is 9.51. The van der Waals surface area contributed by atoms with Crippen LogP contribution in [0.1, 0.15) is 15.9 Å². The Morgan fingerprint density at radius 1 is 1.25 bits per heavy atom. The van der Waals surface area contributed by atoms with Gasteiger partial charge in [-0.1, -0.05) is 29.3 Å². The number of halogens is 1. The zero-order valence-electron chi connectivity index (χ0n) is 11.2. The van der Waals surface area contributed by atoms with Crippen molar-refractivity contribution in [3.05, 3.63) is 52.5 Å². The van der Waals surface area contributed by atoms with Crippen molar-refractivity contribution in [1.82, 2.24) is 0 Å². The summed E-state index contributed by atoms with van der Waals surface area (Å²) in [6, 6.07) is 10.9. The molecule has 2 aromatic rings. The predicted octanol–water partition coefficient (Wildman–Crippen LogP) is 3.76. The summed E-state index contributed by atoms with van der Waals surface area (Å²) in [5, 5.41) is 3.49. The fourth-order valence-corrected chi connectivity index (χ4v) is 2.08. The molecule has 0 aliphatic heterocycles. The molecule has 0 unspecified atom stereocenters. The van der Waals surface area contributed by atoms with Crippen molar-refractivity contribution in [1.29, 1.82) is 0 Å². The average Bonchev–Trinajstić information content (AvgIpc) is 2.42. The van der Waals surface area contributed by atoms with Gasteiger partial charge in [0.1, 0.15) is 0 Å². The Balaban J connectivity index is 2.44. The molecule has 0 heterocycles. The number of ether oxygens (including phenoxy) is 1. The predicted molar refractivity (Wildman–Crippen MR) is 81.7 cm³/mol. The smallest absolute Gasteiger partial charge is 0.340 e. The Morgan fingerprint density at radius 2 is 1.90 bits per heavy atom. The van der Waals surface area contributed by atoms with Gasteiger partial charge in [-0.3, -0.25) is 0 Å². The lowest BCUT2D eigenvalue weighted by Gasteiger charge is -2.13. The van der Waals surface area contributed by atoms with Crippen LogP contribution in [0.2, 0.25) is 5.02 Å². The number of benzene rings is 2. The third kappa shape index (κ3) is 3.03. The first-order valence-electron chi connectivity index (χ1n) is 6.02. The van der Waals surface area contributed by atoms with Gasteiger partial charge < -0.3 is 15.8 Å². The van der Waals surface area contributed by atoms with Crippen molar-refractivity contribution in [2.45, 2.75) is 6.92 Å². The summed E-state index contributed by atoms with van der Waals surface area (Å²) >= 11 is 6.17. The second-order valence-electron chi connectivity index (χ2n) is 4.41. The molecule has 0 saturated heterocycles. The molecule has 0 radical (unpaired) electrons. The van der Waals surface area contributed by atoms with Crippen LogP contribution in [-0.4, -0.2) is 13.1 Å². The van der Waals surface area contributed by atoms with Crippen LogP contribution in [0.3, 0.4) is 0 Å². The van der Waals surface area contributed by atoms with E-state index in [1.54, 1.807) is 6.07 Å². The van der Waals surface area contributed by atoms with E-state index in [0.717, 1.165) is 11.3 Å². The van der Waals surface area contributed by atoms with Crippen LogP contribution in [0.25, 0.3) is 0 Å². The molecule has 20 heavy (non-hydrogen) atoms. The normalized spacial score (nSPS) is 10.2. The van der Waals surface area contributed by atoms with Crippen LogP contribution in [-0.2, 0) is 4.74 Å². The van der Waals surface area contributed by atoms with Crippen LogP contribution in [0.15, 0.2) is 36.4 Å². The van der Waals surface area contributed by atoms with E-state index in [1.807, 2.05) is 31.2 Å². The summed E-state index contributed by atoms with van der Waals surface area (Å²) in [5.41, 5.74) is 8.88. The SMILES string of the molecule is COC(=O)c1cc(N)cc(Cl)c1Nc1ccc(C)cc1. The molecule has 0 aromatic heterocycles. The van der Waals surface area contributed by atoms with Crippen LogP contribution < -0.4 is 11.1 Å². The fraction of sp³-hybridized carbons (Fsp3) is 0.133. The van der Waals surface area contributed by atoms with Crippen LogP contribution in [0.4, 0.5) is 17.1 Å². The van der Waals surface area contributed by atoms with Gasteiger partial charge in [-0.2, -0.15) is 0 Å². The van der Waals surface area contributed by atoms with Gasteiger partial charge in [0.15, 0.2) is 0 Å². The molecular weight excluding hydrogens is 276 g/mol. The van der Waals surface area contributed by atoms with Gasteiger partial charge in [0, 0.05) is 11.4 Å². The molecular formula is C15H15ClN2O2. The van der Waals surface area contributed by atoms with E-state index in [9.17, 15) is 4.79 Å². The Labute approximate surface area is 122 Å². The molecule has 0 saturated carbocycles. The first kappa shape index (κ1) is 14.2. The number of hydrogen-bond donors (Lipinski definition) is 2. The molecule has 2 aromatic carbocycles. The molecule has 0 bridgehead atoms. The highest BCUT2D eigenvalue weighted by Gasteiger charge is 2.16. The standard InChI is InChI=1S/C15H15ClN2O2/c1-9-3-5-11(6-4-9)18-14-12(15(19)20-2)7-10(17)8-13(14)16/h3-8,18H,17H2,1-2H3. The molecule has 4 nitrogen and oxygen atoms in total. The zero-order chi connectivity index (χ0) is 14.7. The van der Waals surface area contributed by atoms with E-state index >= 15 is 0 Å². The van der Waals surface area contributed by atoms with Gasteiger partial charge in [0.2, 0.25) is 0 Å². The minimum atomic E-state index is -0.492. The molecule has 0 fully saturated rings. The van der Waals surface area contributed by atoms with E-state index in [1.165, 1.54) is 13.2 Å². The quantitative estimate of drug-likeness (QED) is 0.667. The van der Waals surface area contributed by atoms with Gasteiger partial charge in [-0.15, -0.1) is 0 Å². The second-order valence-corrected chi connectivity index (χ2v) is 4.82. The third-order valence-electron chi connectivity index (χ3n) is 2.84. The van der Waals surface area contributed by atoms with Crippen molar-refractivity contribution < 1.29 is 9.53 Å². The summed E-state index contributed by atoms with van der Waals surface area (Å²) in [6.45, 7) is 2.00. The summed E-state index contributed by atoms with van der Waals surface area (Å²) in [6.07, 6.45) is 0. The topological polar surface area (TPSA) is 64.3 Å². The number of anilines is 3. The van der Waals surface area contributed by atoms with Gasteiger partial charge in [-0.05, 0) is 31.2 Å². The number of methoxy groups -OCH3 is 1. The number of carbonyl (C=O) groups is 1. The van der Waals surface area contributed by atoms with E-state index in [0.29, 0.717) is 22.0 Å². The summed E-state index contributed by atoms with van der Waals surface area (Å²) < 4.78 is 4.75. The maximum atomic E-state index is 11.8. The van der Waals surface area contributed by atoms with Crippen molar-refractivity contribution in [2.24, 2.45) is 0 Å². The number of nitrogen functional groups attached to an aromatic ring is 1. The molecule has 0 aliphatic carbocycles. The molecule has 0 atom stereocenters. The lowest BCUT2D eigenvalue weighted by Crippen LogP contribution is -2.07. The molecule has 0 amide bonds. The van der Waals surface area contributed by atoms with E-state index in [2.05, 4.69) is 5.32 Å². The van der Waals surface area contributed by atoms with Gasteiger partial charge in [0.05, 0.1) is 23.4 Å². The highest BCUT2D eigenvalue weighted by Crippen LogP contribution is 2.32. The maximum absolute atomic E-state index is 11.8. The fourth-order valence-electron chi connectivity index (χ4n) is 1.81. The Morgan fingerprint density at radius 3 is 2.50 bits per heavy atom. The number of carbonyl (C=O) groups excluding carboxylic acids is 1. The van der Waals surface area contributed by atoms with Crippen molar-refractivity contribution in [3.8, 4) is 0 Å². The average molecular weight is 291 g/mol. The minimum absolute atomic E-state index is 0.304. The Kier molecular flexibility index (Phi) is 4.15. The number of nitrogens with one attached hydrogen (secondary N) is 1. The highest BCUT2D eigenvalue weighted by molar-refractivity contribution is 6.34. The molecule has 5 heteroatoms. The third-order valence-corrected chi connectivity index (χ3v) is 3.14. The van der Waals surface area contributed by atoms with Crippen molar-refractivity contribution in [2.75, 3.05) is 18.2 Å². The zero-order valence-corrected chi connectivity index (χ0v) is 12.0. The van der Waals surface area contributed by atoms with E-state index < -0.39 is 5.97 Å². The van der Waals surface area contributed by atoms with Crippen LogP contribution in [0.5, 0.6) is 0 Å². The summed E-state index contributed by atoms with van der Waals surface area (Å²) in [5.74, 6) is -0.492. The van der Waals surface area contributed by atoms with Gasteiger partial charge in [0.25, 0.3) is 0 Å². The lowest BCUT2D eigenvalue weighted by molar-refractivity contribution is 0.0602. The number of rotatable bonds is 3. The molecule has 104 valence electrons. The number of esters is 1. The second kappa shape index (κ2) is 5.84. The van der Waals surface area contributed by atoms with Crippen LogP contribution >= 0.6 is 11.6 Å². The van der Waals surface area contributed by atoms with Gasteiger partial charge >= 0.3 is 5.97 Å². The number of nitrogens with two attached hydrogens (primary N) is 1. The monoisotopic (exact) mass is 290 g/mol. The van der Waals surface area contributed by atoms with E-state index in [-0.39, 0.29) is 0 Å². The van der Waals surface area contributed by atoms with Gasteiger partial charge in [-0.25, -0.2) is 4.79 Å². The lowest BCUT2D eigenvalue weighted by atomic mass is 10.1.